The Morgan fingerprint density at radius 2 is 0.837 bits per heavy atom. The van der Waals surface area contributed by atoms with E-state index in [4.69, 9.17) is 51.2 Å². The number of aldehydes is 1. The Kier molecular flexibility index (Phi) is 89.7. The van der Waals surface area contributed by atoms with Crippen LogP contribution in [-0.2, 0) is 47.5 Å². The number of halogens is 21. The number of phenolic OH excluding ortho intramolecular Hbond substituents is 1. The second-order valence-corrected chi connectivity index (χ2v) is 59.0. The van der Waals surface area contributed by atoms with Crippen LogP contribution in [0.5, 0.6) is 46.0 Å². The molecule has 86 heavy (non-hydrogen) atoms. The van der Waals surface area contributed by atoms with Crippen molar-refractivity contribution >= 4 is 203 Å². The van der Waals surface area contributed by atoms with Gasteiger partial charge in [-0.3, -0.25) is 14.5 Å². The summed E-state index contributed by atoms with van der Waals surface area (Å²) in [7, 11) is 1.18. The molecule has 0 aliphatic rings. The van der Waals surface area contributed by atoms with Crippen molar-refractivity contribution in [2.75, 3.05) is 77.4 Å². The summed E-state index contributed by atoms with van der Waals surface area (Å²) >= 11 is 23.3. The summed E-state index contributed by atoms with van der Waals surface area (Å²) in [5, 5.41) is 33.7. The minimum atomic E-state index is -4.44. The topological polar surface area (TPSA) is 218 Å². The van der Waals surface area contributed by atoms with E-state index in [0.29, 0.717) is 12.2 Å². The van der Waals surface area contributed by atoms with Gasteiger partial charge in [-0.05, 0) is 53.5 Å². The molecule has 487 valence electrons. The molecule has 1 radical (unpaired) electrons. The van der Waals surface area contributed by atoms with Crippen LogP contribution in [0.15, 0.2) is 97.1 Å². The quantitative estimate of drug-likeness (QED) is 0.00918. The van der Waals surface area contributed by atoms with Crippen LogP contribution < -0.4 is 141 Å². The van der Waals surface area contributed by atoms with Gasteiger partial charge in [-0.15, -0.1) is 11.6 Å². The maximum absolute atomic E-state index is 12.0. The van der Waals surface area contributed by atoms with Crippen molar-refractivity contribution in [1.29, 1.82) is 0 Å². The monoisotopic (exact) mass is 2310 g/mol. The van der Waals surface area contributed by atoms with Crippen LogP contribution in [0.25, 0.3) is 0 Å². The molecule has 0 heterocycles. The number of esters is 1. The summed E-state index contributed by atoms with van der Waals surface area (Å²) < 4.78 is 180. The molecule has 41 heteroatoms. The van der Waals surface area contributed by atoms with E-state index in [2.05, 4.69) is 184 Å². The number of methoxy groups -OCH3 is 1. The third kappa shape index (κ3) is 83.6. The maximum Gasteiger partial charge on any atom is 1.00 e. The van der Waals surface area contributed by atoms with Crippen LogP contribution in [0.4, 0.5) is 52.7 Å². The molecule has 0 spiro atoms. The first-order valence-electron chi connectivity index (χ1n) is 20.8. The zero-order chi connectivity index (χ0) is 65.5. The number of carbonyl (C=O) groups excluding carboxylic acids is 3. The molecule has 0 atom stereocenters. The van der Waals surface area contributed by atoms with Gasteiger partial charge in [-0.25, -0.2) is 4.79 Å². The van der Waals surface area contributed by atoms with Gasteiger partial charge in [0.1, 0.15) is 13.2 Å². The fourth-order valence-corrected chi connectivity index (χ4v) is 3.76. The van der Waals surface area contributed by atoms with Crippen molar-refractivity contribution < 1.29 is 258 Å². The molecule has 0 fully saturated rings. The van der Waals surface area contributed by atoms with Gasteiger partial charge < -0.3 is 87.4 Å². The predicted molar refractivity (Wildman–Crippen MR) is 349 cm³/mol. The number of aliphatic hydroxyl groups excluding tert-OH is 2. The van der Waals surface area contributed by atoms with Crippen molar-refractivity contribution in [1.82, 2.24) is 0 Å². The van der Waals surface area contributed by atoms with E-state index in [9.17, 15) is 62.3 Å². The number of aromatic hydroxyl groups is 1. The van der Waals surface area contributed by atoms with Gasteiger partial charge in [0.15, 0.2) is 85.3 Å². The van der Waals surface area contributed by atoms with Crippen LogP contribution in [0.2, 0.25) is 0 Å². The predicted octanol–water partition coefficient (Wildman–Crippen LogP) is 8.98. The summed E-state index contributed by atoms with van der Waals surface area (Å²) in [6.07, 6.45) is -17.1. The van der Waals surface area contributed by atoms with Gasteiger partial charge in [0.25, 0.3) is 6.47 Å². The Morgan fingerprint density at radius 1 is 0.593 bits per heavy atom. The standard InChI is InChI=1S/C11H11F3O4.C10H11F3O3.C10H9F3O3.C8H7F3O2.C2H5ClO.CHI3.CH3I.CH2I.CH2O3.3HI.2K.2V.H/c1-16-10(15)6-17-8-4-2-3-5-9(8)18-7-11(12,13)14;2*11-10(12,13)7-16-9-4-2-1-3-8(9)15-6-5-14;9-8(10,11)5-13-7-4-2-1-3-6(7)12;3-1-2-4;2-1(3)4;2*1-2;2-1-4-3;;;;;;;;/h2-5H,6-7H2,1H3;1-4,14H,5-7H2;1-5H,6-7H2;1-4,12H,5H2;4H,1-2H2;1H;1H3;1H2;1,3H;3*1H;;;;;/q;;;;;;;-1;;;;;2*+1;;+3;-1/p-4. The summed E-state index contributed by atoms with van der Waals surface area (Å²) in [5.41, 5.74) is 0. The van der Waals surface area contributed by atoms with E-state index in [1.54, 1.807) is 18.2 Å². The number of carbonyl (C=O) groups is 3. The van der Waals surface area contributed by atoms with E-state index in [1.807, 2.05) is 27.5 Å². The SMILES string of the molecule is CI.COC(=O)COc1ccccc1OCC(F)(F)F.IC(I)I.O=CCOc1ccccc1OCC(F)(F)F.O=CO[O-].OCCCl.OCCOc1ccccc1OCC(F)(F)F.Oc1ccccc1OCC(F)(F)F.[CH2-]I.[H-].[I][V]([I])[I].[K+].[K+].[V]. The van der Waals surface area contributed by atoms with Gasteiger partial charge in [-0.1, -0.05) is 139 Å². The zero-order valence-electron chi connectivity index (χ0n) is 45.7. The number of aliphatic hydroxyl groups is 2. The summed E-state index contributed by atoms with van der Waals surface area (Å²) in [6.45, 7) is -6.52. The van der Waals surface area contributed by atoms with Gasteiger partial charge in [0.05, 0.1) is 20.3 Å². The number of rotatable bonds is 19. The third-order valence-corrected chi connectivity index (χ3v) is 6.50. The second kappa shape index (κ2) is 71.3. The average Bonchev–Trinajstić information content (AvgIpc) is 3.45. The van der Waals surface area contributed by atoms with E-state index in [0.717, 1.165) is -0.0619 Å². The first-order chi connectivity index (χ1) is 38.8. The van der Waals surface area contributed by atoms with Crippen LogP contribution in [0.3, 0.4) is 0 Å². The Balaban J connectivity index is -0.000000102. The van der Waals surface area contributed by atoms with Crippen LogP contribution in [0, 0.1) is 4.93 Å². The number of para-hydroxylation sites is 8. The normalized spacial score (nSPS) is 9.69. The molecule has 0 aliphatic heterocycles. The van der Waals surface area contributed by atoms with Crippen molar-refractivity contribution in [2.45, 2.75) is 24.6 Å². The number of alkyl halides is 17. The fourth-order valence-electron chi connectivity index (χ4n) is 3.76. The average molecular weight is 2310 g/mol. The van der Waals surface area contributed by atoms with Crippen LogP contribution in [-0.4, -0.2) is 136 Å². The molecular formula is C45H51ClF12I8K2O16V2-. The Morgan fingerprint density at radius 3 is 1.07 bits per heavy atom. The molecule has 4 rings (SSSR count). The summed E-state index contributed by atoms with van der Waals surface area (Å²) in [6, 6.07) is 23.1. The van der Waals surface area contributed by atoms with Crippen LogP contribution >= 0.6 is 184 Å². The van der Waals surface area contributed by atoms with Crippen LogP contribution in [0.1, 0.15) is 1.43 Å². The number of hydrogen-bond donors (Lipinski definition) is 3. The number of benzene rings is 4. The van der Waals surface area contributed by atoms with Crippen molar-refractivity contribution in [3.8, 4) is 46.0 Å². The van der Waals surface area contributed by atoms with Crippen molar-refractivity contribution in [2.24, 2.45) is 0 Å². The van der Waals surface area contributed by atoms with E-state index in [1.165, 1.54) is 86.0 Å². The maximum atomic E-state index is 12.0. The molecule has 0 saturated heterocycles. The Labute approximate surface area is 698 Å². The van der Waals surface area contributed by atoms with E-state index < -0.39 is 63.7 Å². The van der Waals surface area contributed by atoms with Gasteiger partial charge in [0.2, 0.25) is 0 Å². The molecule has 16 nitrogen and oxygen atoms in total. The molecule has 4 aromatic rings. The van der Waals surface area contributed by atoms with Crippen molar-refractivity contribution in [3.05, 3.63) is 102 Å². The first-order valence-corrected chi connectivity index (χ1v) is 42.3. The molecule has 0 unspecified atom stereocenters. The van der Waals surface area contributed by atoms with E-state index >= 15 is 0 Å². The number of hydrogen-bond acceptors (Lipinski definition) is 16. The van der Waals surface area contributed by atoms with Gasteiger partial charge >= 0.3 is 198 Å². The van der Waals surface area contributed by atoms with Gasteiger partial charge in [0, 0.05) is 24.4 Å². The molecular weight excluding hydrogens is 2260 g/mol. The second-order valence-electron chi connectivity index (χ2n) is 12.4. The molecule has 0 saturated carbocycles. The molecule has 0 bridgehead atoms. The van der Waals surface area contributed by atoms with E-state index in [-0.39, 0.29) is 207 Å². The molecule has 4 aromatic carbocycles. The Bertz CT molecular complexity index is 2180. The largest absolute Gasteiger partial charge is 1.00 e. The number of ether oxygens (including phenoxy) is 8. The first kappa shape index (κ1) is 108. The Hall–Kier alpha value is 3.50. The smallest absolute Gasteiger partial charge is 0 e. The zero-order valence-corrected chi connectivity index (χ0v) is 71.8. The third-order valence-electron chi connectivity index (χ3n) is 6.33. The summed E-state index contributed by atoms with van der Waals surface area (Å²) in [5.74, 6) is -0.535. The van der Waals surface area contributed by atoms with Crippen molar-refractivity contribution in [3.63, 3.8) is 0 Å². The van der Waals surface area contributed by atoms with Gasteiger partial charge in [-0.2, -0.15) is 52.7 Å². The molecule has 3 N–H and O–H groups in total. The fraction of sp³-hybridized carbons (Fsp3) is 0.378. The number of phenols is 1. The minimum absolute atomic E-state index is 0. The molecule has 0 aromatic heterocycles. The molecule has 0 aliphatic carbocycles. The minimum Gasteiger partial charge on any atom is 0 e. The summed E-state index contributed by atoms with van der Waals surface area (Å²) in [4.78, 5) is 37.1. The molecule has 0 amide bonds.